The Hall–Kier alpha value is -2.36. The van der Waals surface area contributed by atoms with Crippen molar-refractivity contribution < 1.29 is 4.79 Å². The Morgan fingerprint density at radius 1 is 1.30 bits per heavy atom. The van der Waals surface area contributed by atoms with Crippen molar-refractivity contribution in [3.63, 3.8) is 0 Å². The molecule has 4 nitrogen and oxygen atoms in total. The molecule has 1 heterocycles. The number of para-hydroxylation sites is 1. The largest absolute Gasteiger partial charge is 0.384 e. The molecule has 2 N–H and O–H groups in total. The minimum absolute atomic E-state index is 0.0805. The van der Waals surface area contributed by atoms with Crippen LogP contribution in [0, 0.1) is 6.92 Å². The van der Waals surface area contributed by atoms with Crippen LogP contribution in [0.5, 0.6) is 0 Å². The van der Waals surface area contributed by atoms with Gasteiger partial charge in [0.1, 0.15) is 5.82 Å². The lowest BCUT2D eigenvalue weighted by molar-refractivity contribution is 0.0992. The summed E-state index contributed by atoms with van der Waals surface area (Å²) in [5, 5.41) is 0. The lowest BCUT2D eigenvalue weighted by Gasteiger charge is -2.20. The summed E-state index contributed by atoms with van der Waals surface area (Å²) >= 11 is 0. The fourth-order valence-corrected chi connectivity index (χ4v) is 2.16. The molecule has 20 heavy (non-hydrogen) atoms. The molecule has 0 radical (unpaired) electrons. The minimum atomic E-state index is -0.0805. The van der Waals surface area contributed by atoms with E-state index in [1.54, 1.807) is 24.1 Å². The average Bonchev–Trinajstić information content (AvgIpc) is 2.45. The monoisotopic (exact) mass is 269 g/mol. The van der Waals surface area contributed by atoms with Crippen molar-refractivity contribution in [2.45, 2.75) is 20.3 Å². The van der Waals surface area contributed by atoms with Gasteiger partial charge in [0.25, 0.3) is 5.91 Å². The van der Waals surface area contributed by atoms with E-state index >= 15 is 0 Å². The van der Waals surface area contributed by atoms with Gasteiger partial charge in [-0.05, 0) is 37.1 Å². The summed E-state index contributed by atoms with van der Waals surface area (Å²) in [5.74, 6) is 0.300. The Bertz CT molecular complexity index is 637. The standard InChI is InChI=1S/C16H19N3O/c1-4-13-9-12(10-15(17)18-13)16(20)19(3)14-8-6-5-7-11(14)2/h5-10H,4H2,1-3H3,(H2,17,18). The number of nitrogens with two attached hydrogens (primary N) is 1. The van der Waals surface area contributed by atoms with Gasteiger partial charge in [0.05, 0.1) is 0 Å². The highest BCUT2D eigenvalue weighted by Gasteiger charge is 2.16. The summed E-state index contributed by atoms with van der Waals surface area (Å²) in [6, 6.07) is 11.2. The number of amides is 1. The highest BCUT2D eigenvalue weighted by molar-refractivity contribution is 6.06. The first kappa shape index (κ1) is 14.1. The SMILES string of the molecule is CCc1cc(C(=O)N(C)c2ccccc2C)cc(N)n1. The maximum absolute atomic E-state index is 12.6. The minimum Gasteiger partial charge on any atom is -0.384 e. The second-order valence-electron chi connectivity index (χ2n) is 4.78. The fourth-order valence-electron chi connectivity index (χ4n) is 2.16. The Balaban J connectivity index is 2.36. The smallest absolute Gasteiger partial charge is 0.258 e. The van der Waals surface area contributed by atoms with Crippen LogP contribution in [0.25, 0.3) is 0 Å². The van der Waals surface area contributed by atoms with Crippen LogP contribution in [0.2, 0.25) is 0 Å². The van der Waals surface area contributed by atoms with E-state index in [-0.39, 0.29) is 5.91 Å². The summed E-state index contributed by atoms with van der Waals surface area (Å²) in [5.41, 5.74) is 9.11. The average molecular weight is 269 g/mol. The van der Waals surface area contributed by atoms with Gasteiger partial charge in [-0.25, -0.2) is 4.98 Å². The first-order valence-corrected chi connectivity index (χ1v) is 6.63. The van der Waals surface area contributed by atoms with Gasteiger partial charge in [-0.1, -0.05) is 25.1 Å². The molecule has 0 fully saturated rings. The number of carbonyl (C=O) groups excluding carboxylic acids is 1. The normalized spacial score (nSPS) is 10.3. The van der Waals surface area contributed by atoms with Gasteiger partial charge in [0.2, 0.25) is 0 Å². The van der Waals surface area contributed by atoms with Crippen molar-refractivity contribution >= 4 is 17.4 Å². The summed E-state index contributed by atoms with van der Waals surface area (Å²) in [6.07, 6.45) is 0.749. The number of anilines is 2. The van der Waals surface area contributed by atoms with E-state index in [9.17, 15) is 4.79 Å². The van der Waals surface area contributed by atoms with Crippen molar-refractivity contribution in [3.05, 3.63) is 53.2 Å². The molecular formula is C16H19N3O. The van der Waals surface area contributed by atoms with Crippen LogP contribution in [-0.4, -0.2) is 17.9 Å². The lowest BCUT2D eigenvalue weighted by Crippen LogP contribution is -2.27. The Labute approximate surface area is 119 Å². The third-order valence-corrected chi connectivity index (χ3v) is 3.29. The number of nitrogen functional groups attached to an aromatic ring is 1. The summed E-state index contributed by atoms with van der Waals surface area (Å²) in [4.78, 5) is 18.4. The van der Waals surface area contributed by atoms with Crippen molar-refractivity contribution in [1.29, 1.82) is 0 Å². The van der Waals surface area contributed by atoms with Gasteiger partial charge in [0.15, 0.2) is 0 Å². The van der Waals surface area contributed by atoms with E-state index in [2.05, 4.69) is 4.98 Å². The molecule has 0 atom stereocenters. The molecule has 1 aromatic carbocycles. The van der Waals surface area contributed by atoms with E-state index in [0.717, 1.165) is 23.4 Å². The van der Waals surface area contributed by atoms with Crippen LogP contribution in [0.3, 0.4) is 0 Å². The van der Waals surface area contributed by atoms with Gasteiger partial charge in [-0.15, -0.1) is 0 Å². The van der Waals surface area contributed by atoms with Gasteiger partial charge in [-0.2, -0.15) is 0 Å². The first-order chi connectivity index (χ1) is 9.52. The van der Waals surface area contributed by atoms with Gasteiger partial charge >= 0.3 is 0 Å². The molecule has 0 bridgehead atoms. The predicted molar refractivity (Wildman–Crippen MR) is 81.9 cm³/mol. The molecule has 0 aliphatic heterocycles. The third-order valence-electron chi connectivity index (χ3n) is 3.29. The molecule has 0 unspecified atom stereocenters. The van der Waals surface area contributed by atoms with Gasteiger partial charge in [0, 0.05) is 24.0 Å². The summed E-state index contributed by atoms with van der Waals surface area (Å²) in [6.45, 7) is 3.97. The topological polar surface area (TPSA) is 59.2 Å². The number of hydrogen-bond donors (Lipinski definition) is 1. The summed E-state index contributed by atoms with van der Waals surface area (Å²) in [7, 11) is 1.77. The van der Waals surface area contributed by atoms with Crippen LogP contribution in [0.15, 0.2) is 36.4 Å². The molecule has 0 aliphatic rings. The second kappa shape index (κ2) is 5.74. The molecule has 104 valence electrons. The molecule has 0 saturated heterocycles. The van der Waals surface area contributed by atoms with E-state index in [1.807, 2.05) is 38.1 Å². The quantitative estimate of drug-likeness (QED) is 0.932. The fraction of sp³-hybridized carbons (Fsp3) is 0.250. The molecular weight excluding hydrogens is 250 g/mol. The van der Waals surface area contributed by atoms with Crippen molar-refractivity contribution in [2.24, 2.45) is 0 Å². The Morgan fingerprint density at radius 3 is 2.65 bits per heavy atom. The lowest BCUT2D eigenvalue weighted by atomic mass is 10.1. The Kier molecular flexibility index (Phi) is 4.03. The summed E-state index contributed by atoms with van der Waals surface area (Å²) < 4.78 is 0. The van der Waals surface area contributed by atoms with Gasteiger partial charge < -0.3 is 10.6 Å². The highest BCUT2D eigenvalue weighted by Crippen LogP contribution is 2.20. The first-order valence-electron chi connectivity index (χ1n) is 6.63. The number of carbonyl (C=O) groups is 1. The zero-order valence-corrected chi connectivity index (χ0v) is 12.1. The third kappa shape index (κ3) is 2.79. The zero-order valence-electron chi connectivity index (χ0n) is 12.1. The van der Waals surface area contributed by atoms with Gasteiger partial charge in [-0.3, -0.25) is 4.79 Å². The molecule has 2 aromatic rings. The van der Waals surface area contributed by atoms with Crippen LogP contribution >= 0.6 is 0 Å². The molecule has 1 aromatic heterocycles. The van der Waals surface area contributed by atoms with E-state index in [1.165, 1.54) is 0 Å². The maximum Gasteiger partial charge on any atom is 0.258 e. The van der Waals surface area contributed by atoms with Crippen LogP contribution < -0.4 is 10.6 Å². The Morgan fingerprint density at radius 2 is 2.00 bits per heavy atom. The molecule has 4 heteroatoms. The van der Waals surface area contributed by atoms with Crippen LogP contribution in [0.4, 0.5) is 11.5 Å². The molecule has 1 amide bonds. The predicted octanol–water partition coefficient (Wildman–Crippen LogP) is 2.81. The number of nitrogens with zero attached hydrogens (tertiary/aromatic N) is 2. The van der Waals surface area contributed by atoms with Crippen molar-refractivity contribution in [2.75, 3.05) is 17.7 Å². The van der Waals surface area contributed by atoms with E-state index < -0.39 is 0 Å². The molecule has 0 spiro atoms. The zero-order chi connectivity index (χ0) is 14.7. The van der Waals surface area contributed by atoms with Crippen molar-refractivity contribution in [3.8, 4) is 0 Å². The number of rotatable bonds is 3. The molecule has 0 saturated carbocycles. The number of pyridine rings is 1. The number of aryl methyl sites for hydroxylation is 2. The number of aromatic nitrogens is 1. The van der Waals surface area contributed by atoms with Crippen LogP contribution in [-0.2, 0) is 6.42 Å². The van der Waals surface area contributed by atoms with E-state index in [4.69, 9.17) is 5.73 Å². The van der Waals surface area contributed by atoms with Crippen molar-refractivity contribution in [1.82, 2.24) is 4.98 Å². The van der Waals surface area contributed by atoms with E-state index in [0.29, 0.717) is 11.4 Å². The van der Waals surface area contributed by atoms with Crippen LogP contribution in [0.1, 0.15) is 28.5 Å². The highest BCUT2D eigenvalue weighted by atomic mass is 16.2. The maximum atomic E-state index is 12.6. The second-order valence-corrected chi connectivity index (χ2v) is 4.78. The molecule has 0 aliphatic carbocycles. The number of hydrogen-bond acceptors (Lipinski definition) is 3. The molecule has 2 rings (SSSR count). The number of benzene rings is 1.